The van der Waals surface area contributed by atoms with Crippen molar-refractivity contribution in [3.8, 4) is 0 Å². The van der Waals surface area contributed by atoms with Crippen LogP contribution in [0.25, 0.3) is 0 Å². The fourth-order valence-electron chi connectivity index (χ4n) is 2.29. The van der Waals surface area contributed by atoms with Gasteiger partial charge in [-0.15, -0.1) is 0 Å². The molecule has 1 aromatic heterocycles. The molecular weight excluding hydrogens is 190 g/mol. The van der Waals surface area contributed by atoms with E-state index in [1.165, 1.54) is 36.9 Å². The van der Waals surface area contributed by atoms with Crippen LogP contribution in [-0.4, -0.2) is 4.98 Å². The number of rotatable bonds is 2. The molecule has 1 aliphatic rings. The fraction of sp³-hybridized carbons (Fsp3) is 0.583. The molecule has 76 valence electrons. The Morgan fingerprint density at radius 3 is 2.93 bits per heavy atom. The fourth-order valence-corrected chi connectivity index (χ4v) is 2.55. The minimum Gasteiger partial charge on any atom is -0.350 e. The van der Waals surface area contributed by atoms with Crippen LogP contribution in [0.3, 0.4) is 0 Å². The van der Waals surface area contributed by atoms with E-state index in [9.17, 15) is 0 Å². The zero-order valence-electron chi connectivity index (χ0n) is 8.89. The molecule has 0 spiro atoms. The number of hydrogen-bond acceptors (Lipinski definition) is 1. The van der Waals surface area contributed by atoms with E-state index in [1.54, 1.807) is 5.56 Å². The predicted molar refractivity (Wildman–Crippen MR) is 62.2 cm³/mol. The van der Waals surface area contributed by atoms with Gasteiger partial charge in [0.15, 0.2) is 0 Å². The van der Waals surface area contributed by atoms with Crippen LogP contribution < -0.4 is 0 Å². The van der Waals surface area contributed by atoms with E-state index in [-0.39, 0.29) is 0 Å². The van der Waals surface area contributed by atoms with Gasteiger partial charge < -0.3 is 4.98 Å². The van der Waals surface area contributed by atoms with E-state index in [2.05, 4.69) is 24.9 Å². The van der Waals surface area contributed by atoms with Gasteiger partial charge in [0, 0.05) is 5.69 Å². The Morgan fingerprint density at radius 1 is 1.43 bits per heavy atom. The van der Waals surface area contributed by atoms with Crippen LogP contribution in [0.5, 0.6) is 0 Å². The quantitative estimate of drug-likeness (QED) is 0.735. The van der Waals surface area contributed by atoms with E-state index < -0.39 is 0 Å². The van der Waals surface area contributed by atoms with Gasteiger partial charge in [-0.1, -0.05) is 26.1 Å². The van der Waals surface area contributed by atoms with E-state index in [4.69, 9.17) is 12.2 Å². The van der Waals surface area contributed by atoms with Crippen molar-refractivity contribution in [2.75, 3.05) is 0 Å². The van der Waals surface area contributed by atoms with Gasteiger partial charge in [-0.2, -0.15) is 0 Å². The molecule has 1 aliphatic carbocycles. The van der Waals surface area contributed by atoms with Crippen molar-refractivity contribution in [2.45, 2.75) is 39.5 Å². The minimum atomic E-state index is 0.719. The second kappa shape index (κ2) is 3.85. The molecule has 0 aromatic carbocycles. The number of H-pyrrole nitrogens is 1. The molecule has 1 nitrogen and oxygen atoms in total. The van der Waals surface area contributed by atoms with Gasteiger partial charge in [0.1, 0.15) is 4.64 Å². The second-order valence-electron chi connectivity index (χ2n) is 4.57. The van der Waals surface area contributed by atoms with Crippen LogP contribution >= 0.6 is 12.2 Å². The highest BCUT2D eigenvalue weighted by atomic mass is 32.1. The first-order chi connectivity index (χ1) is 6.66. The third-order valence-electron chi connectivity index (χ3n) is 2.81. The molecule has 2 heteroatoms. The molecule has 0 amide bonds. The van der Waals surface area contributed by atoms with Gasteiger partial charge in [0.05, 0.1) is 0 Å². The predicted octanol–water partition coefficient (Wildman–Crippen LogP) is 3.43. The van der Waals surface area contributed by atoms with Crippen molar-refractivity contribution in [1.29, 1.82) is 0 Å². The third kappa shape index (κ3) is 1.90. The second-order valence-corrected chi connectivity index (χ2v) is 5.01. The molecule has 0 radical (unpaired) electrons. The standard InChI is InChI=1S/C12H17NS/c1-8(2)6-9-7-12(14)13-11-5-3-4-10(9)11/h7-8H,3-6H2,1-2H3,(H,13,14). The average Bonchev–Trinajstić information content (AvgIpc) is 2.50. The summed E-state index contributed by atoms with van der Waals surface area (Å²) in [6.07, 6.45) is 4.88. The Balaban J connectivity index is 2.43. The van der Waals surface area contributed by atoms with Crippen LogP contribution in [-0.2, 0) is 19.3 Å². The van der Waals surface area contributed by atoms with Crippen molar-refractivity contribution >= 4 is 12.2 Å². The van der Waals surface area contributed by atoms with E-state index in [0.29, 0.717) is 0 Å². The smallest absolute Gasteiger partial charge is 0.103 e. The maximum Gasteiger partial charge on any atom is 0.103 e. The Kier molecular flexibility index (Phi) is 2.73. The topological polar surface area (TPSA) is 15.8 Å². The number of pyridine rings is 1. The Bertz CT molecular complexity index is 390. The van der Waals surface area contributed by atoms with Crippen molar-refractivity contribution in [1.82, 2.24) is 4.98 Å². The monoisotopic (exact) mass is 207 g/mol. The van der Waals surface area contributed by atoms with Gasteiger partial charge >= 0.3 is 0 Å². The Morgan fingerprint density at radius 2 is 2.21 bits per heavy atom. The average molecular weight is 207 g/mol. The molecule has 14 heavy (non-hydrogen) atoms. The van der Waals surface area contributed by atoms with Gasteiger partial charge in [-0.25, -0.2) is 0 Å². The van der Waals surface area contributed by atoms with Crippen molar-refractivity contribution < 1.29 is 0 Å². The van der Waals surface area contributed by atoms with Crippen LogP contribution in [0.2, 0.25) is 0 Å². The molecule has 1 heterocycles. The molecule has 0 unspecified atom stereocenters. The summed E-state index contributed by atoms with van der Waals surface area (Å²) in [5.41, 5.74) is 4.43. The lowest BCUT2D eigenvalue weighted by Crippen LogP contribution is -2.01. The number of aromatic amines is 1. The summed E-state index contributed by atoms with van der Waals surface area (Å²) >= 11 is 5.24. The lowest BCUT2D eigenvalue weighted by atomic mass is 9.98. The SMILES string of the molecule is CC(C)Cc1cc(=S)[nH]c2c1CCC2. The molecule has 0 atom stereocenters. The summed E-state index contributed by atoms with van der Waals surface area (Å²) in [6.45, 7) is 4.53. The van der Waals surface area contributed by atoms with Crippen molar-refractivity contribution in [2.24, 2.45) is 5.92 Å². The lowest BCUT2D eigenvalue weighted by Gasteiger charge is -2.10. The van der Waals surface area contributed by atoms with Crippen LogP contribution in [0, 0.1) is 10.6 Å². The zero-order valence-corrected chi connectivity index (χ0v) is 9.71. The van der Waals surface area contributed by atoms with E-state index in [1.807, 2.05) is 0 Å². The van der Waals surface area contributed by atoms with Crippen molar-refractivity contribution in [3.05, 3.63) is 27.5 Å². The maximum atomic E-state index is 5.24. The zero-order chi connectivity index (χ0) is 10.1. The lowest BCUT2D eigenvalue weighted by molar-refractivity contribution is 0.642. The van der Waals surface area contributed by atoms with E-state index >= 15 is 0 Å². The van der Waals surface area contributed by atoms with Gasteiger partial charge in [-0.05, 0) is 48.8 Å². The largest absolute Gasteiger partial charge is 0.350 e. The first-order valence-corrected chi connectivity index (χ1v) is 5.81. The summed E-state index contributed by atoms with van der Waals surface area (Å²) in [6, 6.07) is 2.15. The highest BCUT2D eigenvalue weighted by Gasteiger charge is 2.15. The third-order valence-corrected chi connectivity index (χ3v) is 3.03. The Hall–Kier alpha value is -0.630. The molecule has 0 saturated heterocycles. The number of nitrogens with one attached hydrogen (secondary N) is 1. The molecule has 1 N–H and O–H groups in total. The normalized spacial score (nSPS) is 14.8. The number of aryl methyl sites for hydroxylation is 1. The van der Waals surface area contributed by atoms with Gasteiger partial charge in [-0.3, -0.25) is 0 Å². The Labute approximate surface area is 90.6 Å². The summed E-state index contributed by atoms with van der Waals surface area (Å²) in [7, 11) is 0. The number of hydrogen-bond donors (Lipinski definition) is 1. The molecule has 0 fully saturated rings. The molecule has 0 saturated carbocycles. The summed E-state index contributed by atoms with van der Waals surface area (Å²) < 4.78 is 0.904. The molecule has 0 bridgehead atoms. The molecule has 1 aromatic rings. The first kappa shape index (κ1) is 9.91. The number of fused-ring (bicyclic) bond motifs is 1. The summed E-state index contributed by atoms with van der Waals surface area (Å²) in [4.78, 5) is 3.32. The van der Waals surface area contributed by atoms with E-state index in [0.717, 1.165) is 10.6 Å². The van der Waals surface area contributed by atoms with Gasteiger partial charge in [0.25, 0.3) is 0 Å². The molecular formula is C12H17NS. The van der Waals surface area contributed by atoms with Crippen LogP contribution in [0.1, 0.15) is 37.1 Å². The first-order valence-electron chi connectivity index (χ1n) is 5.41. The van der Waals surface area contributed by atoms with Crippen LogP contribution in [0.4, 0.5) is 0 Å². The highest BCUT2D eigenvalue weighted by Crippen LogP contribution is 2.25. The number of aromatic nitrogens is 1. The van der Waals surface area contributed by atoms with Gasteiger partial charge in [0.2, 0.25) is 0 Å². The van der Waals surface area contributed by atoms with Crippen LogP contribution in [0.15, 0.2) is 6.07 Å². The summed E-state index contributed by atoms with van der Waals surface area (Å²) in [5.74, 6) is 0.719. The highest BCUT2D eigenvalue weighted by molar-refractivity contribution is 7.71. The molecule has 0 aliphatic heterocycles. The maximum absolute atomic E-state index is 5.24. The van der Waals surface area contributed by atoms with Crippen molar-refractivity contribution in [3.63, 3.8) is 0 Å². The minimum absolute atomic E-state index is 0.719. The summed E-state index contributed by atoms with van der Waals surface area (Å²) in [5, 5.41) is 0. The molecule has 2 rings (SSSR count).